The van der Waals surface area contributed by atoms with Crippen molar-refractivity contribution in [3.05, 3.63) is 64.2 Å². The zero-order chi connectivity index (χ0) is 27.4. The van der Waals surface area contributed by atoms with Crippen LogP contribution in [0.5, 0.6) is 5.75 Å². The number of esters is 1. The maximum atomic E-state index is 13.9. The van der Waals surface area contributed by atoms with E-state index in [1.807, 2.05) is 19.9 Å². The molecule has 1 atom stereocenters. The number of rotatable bonds is 5. The van der Waals surface area contributed by atoms with Crippen LogP contribution in [-0.4, -0.2) is 52.8 Å². The van der Waals surface area contributed by atoms with E-state index in [9.17, 15) is 19.2 Å². The summed E-state index contributed by atoms with van der Waals surface area (Å²) >= 11 is 0. The van der Waals surface area contributed by atoms with Crippen molar-refractivity contribution in [2.24, 2.45) is 0 Å². The number of methoxy groups -OCH3 is 1. The Labute approximate surface area is 211 Å². The second kappa shape index (κ2) is 11.2. The number of ether oxygens (including phenoxy) is 3. The van der Waals surface area contributed by atoms with Gasteiger partial charge in [-0.1, -0.05) is 23.3 Å². The van der Waals surface area contributed by atoms with Crippen molar-refractivity contribution < 1.29 is 33.4 Å². The quantitative estimate of drug-likeness (QED) is 0.326. The highest BCUT2D eigenvalue weighted by Gasteiger charge is 2.42. The molecule has 0 aliphatic rings. The van der Waals surface area contributed by atoms with Crippen LogP contribution < -0.4 is 4.74 Å². The van der Waals surface area contributed by atoms with E-state index in [-0.39, 0.29) is 5.56 Å². The van der Waals surface area contributed by atoms with Gasteiger partial charge in [0, 0.05) is 30.5 Å². The third-order valence-electron chi connectivity index (χ3n) is 5.19. The molecule has 9 nitrogen and oxygen atoms in total. The molecule has 2 aromatic rings. The largest absolute Gasteiger partial charge is 0.496 e. The first-order valence-electron chi connectivity index (χ1n) is 11.5. The number of imide groups is 1. The van der Waals surface area contributed by atoms with Gasteiger partial charge in [-0.3, -0.25) is 14.4 Å². The van der Waals surface area contributed by atoms with Crippen molar-refractivity contribution in [2.45, 2.75) is 67.2 Å². The Balaban J connectivity index is 2.70. The van der Waals surface area contributed by atoms with Gasteiger partial charge in [0.1, 0.15) is 5.75 Å². The van der Waals surface area contributed by atoms with E-state index in [4.69, 9.17) is 14.2 Å². The lowest BCUT2D eigenvalue weighted by Crippen LogP contribution is -2.60. The van der Waals surface area contributed by atoms with Gasteiger partial charge in [-0.25, -0.2) is 9.80 Å². The number of amides is 3. The van der Waals surface area contributed by atoms with Gasteiger partial charge in [0.25, 0.3) is 11.8 Å². The molecule has 2 rings (SSSR count). The van der Waals surface area contributed by atoms with Crippen molar-refractivity contribution in [3.63, 3.8) is 0 Å². The molecule has 0 spiro atoms. The summed E-state index contributed by atoms with van der Waals surface area (Å²) in [7, 11) is 1.47. The lowest BCUT2D eigenvalue weighted by molar-refractivity contribution is -0.165. The zero-order valence-corrected chi connectivity index (χ0v) is 22.3. The van der Waals surface area contributed by atoms with Crippen LogP contribution in [0.2, 0.25) is 0 Å². The van der Waals surface area contributed by atoms with Gasteiger partial charge in [0.2, 0.25) is 6.29 Å². The highest BCUT2D eigenvalue weighted by Crippen LogP contribution is 2.28. The van der Waals surface area contributed by atoms with Gasteiger partial charge >= 0.3 is 12.1 Å². The van der Waals surface area contributed by atoms with Crippen LogP contribution in [0.25, 0.3) is 0 Å². The molecule has 0 aliphatic carbocycles. The Kier molecular flexibility index (Phi) is 8.85. The third kappa shape index (κ3) is 6.62. The second-order valence-corrected chi connectivity index (χ2v) is 9.47. The van der Waals surface area contributed by atoms with E-state index < -0.39 is 35.7 Å². The first-order valence-corrected chi connectivity index (χ1v) is 11.5. The van der Waals surface area contributed by atoms with Crippen LogP contribution in [0, 0.1) is 20.8 Å². The molecule has 0 N–H and O–H groups in total. The summed E-state index contributed by atoms with van der Waals surface area (Å²) in [6.07, 6.45) is -2.47. The summed E-state index contributed by atoms with van der Waals surface area (Å²) in [5.41, 5.74) is 1.56. The van der Waals surface area contributed by atoms with Crippen LogP contribution in [0.1, 0.15) is 72.0 Å². The van der Waals surface area contributed by atoms with Crippen molar-refractivity contribution in [1.29, 1.82) is 0 Å². The minimum Gasteiger partial charge on any atom is -0.496 e. The highest BCUT2D eigenvalue weighted by molar-refractivity contribution is 6.07. The Morgan fingerprint density at radius 3 is 1.97 bits per heavy atom. The van der Waals surface area contributed by atoms with Crippen LogP contribution in [0.3, 0.4) is 0 Å². The van der Waals surface area contributed by atoms with Crippen LogP contribution >= 0.6 is 0 Å². The summed E-state index contributed by atoms with van der Waals surface area (Å²) in [5, 5.41) is 1.72. The van der Waals surface area contributed by atoms with E-state index in [1.165, 1.54) is 20.1 Å². The van der Waals surface area contributed by atoms with E-state index >= 15 is 0 Å². The van der Waals surface area contributed by atoms with Gasteiger partial charge in [-0.05, 0) is 65.8 Å². The van der Waals surface area contributed by atoms with E-state index in [0.717, 1.165) is 23.1 Å². The molecule has 0 aromatic heterocycles. The Morgan fingerprint density at radius 1 is 0.889 bits per heavy atom. The maximum Gasteiger partial charge on any atom is 0.439 e. The van der Waals surface area contributed by atoms with Crippen molar-refractivity contribution >= 4 is 23.9 Å². The van der Waals surface area contributed by atoms with E-state index in [0.29, 0.717) is 21.9 Å². The zero-order valence-electron chi connectivity index (χ0n) is 22.3. The minimum absolute atomic E-state index is 0.133. The molecule has 0 heterocycles. The Morgan fingerprint density at radius 2 is 1.47 bits per heavy atom. The molecule has 0 saturated carbocycles. The van der Waals surface area contributed by atoms with E-state index in [2.05, 4.69) is 0 Å². The number of carbonyl (C=O) groups excluding carboxylic acids is 4. The fourth-order valence-electron chi connectivity index (χ4n) is 3.80. The molecule has 1 unspecified atom stereocenters. The molecular formula is C27H34N2O7. The molecular weight excluding hydrogens is 464 g/mol. The first kappa shape index (κ1) is 28.4. The number of hydrazine groups is 1. The van der Waals surface area contributed by atoms with Crippen LogP contribution in [0.4, 0.5) is 4.79 Å². The molecule has 3 amide bonds. The lowest BCUT2D eigenvalue weighted by atomic mass is 10.0. The summed E-state index contributed by atoms with van der Waals surface area (Å²) in [4.78, 5) is 52.6. The van der Waals surface area contributed by atoms with Gasteiger partial charge in [0.15, 0.2) is 0 Å². The summed E-state index contributed by atoms with van der Waals surface area (Å²) in [5.74, 6) is -1.62. The number of hydrogen-bond donors (Lipinski definition) is 0. The van der Waals surface area contributed by atoms with Crippen molar-refractivity contribution in [1.82, 2.24) is 10.0 Å². The SMILES string of the molecule is COc1cccc(C(=O)N(C(=O)OC(C)OC(C)=O)N(C(=O)c2cc(C)cc(C)c2)C(C)(C)C)c1C. The number of hydrogen-bond acceptors (Lipinski definition) is 7. The average molecular weight is 499 g/mol. The first-order chi connectivity index (χ1) is 16.7. The fraction of sp³-hybridized carbons (Fsp3) is 0.407. The highest BCUT2D eigenvalue weighted by atomic mass is 16.7. The molecule has 0 radical (unpaired) electrons. The fourth-order valence-corrected chi connectivity index (χ4v) is 3.80. The van der Waals surface area contributed by atoms with Crippen molar-refractivity contribution in [2.75, 3.05) is 7.11 Å². The molecule has 2 aromatic carbocycles. The smallest absolute Gasteiger partial charge is 0.439 e. The topological polar surface area (TPSA) is 102 Å². The molecule has 0 fully saturated rings. The average Bonchev–Trinajstić information content (AvgIpc) is 2.74. The molecule has 36 heavy (non-hydrogen) atoms. The lowest BCUT2D eigenvalue weighted by Gasteiger charge is -2.41. The molecule has 9 heteroatoms. The van der Waals surface area contributed by atoms with Gasteiger partial charge < -0.3 is 14.2 Å². The van der Waals surface area contributed by atoms with Crippen LogP contribution in [0.15, 0.2) is 36.4 Å². The third-order valence-corrected chi connectivity index (χ3v) is 5.19. The predicted molar refractivity (Wildman–Crippen MR) is 133 cm³/mol. The van der Waals surface area contributed by atoms with Gasteiger partial charge in [-0.15, -0.1) is 5.01 Å². The second-order valence-electron chi connectivity index (χ2n) is 9.47. The number of nitrogens with zero attached hydrogens (tertiary/aromatic N) is 2. The van der Waals surface area contributed by atoms with Crippen molar-refractivity contribution in [3.8, 4) is 5.75 Å². The number of carbonyl (C=O) groups is 4. The molecule has 0 bridgehead atoms. The van der Waals surface area contributed by atoms with E-state index in [1.54, 1.807) is 52.0 Å². The van der Waals surface area contributed by atoms with Crippen LogP contribution in [-0.2, 0) is 14.3 Å². The number of benzene rings is 2. The van der Waals surface area contributed by atoms with Gasteiger partial charge in [-0.2, -0.15) is 0 Å². The summed E-state index contributed by atoms with van der Waals surface area (Å²) < 4.78 is 15.5. The maximum absolute atomic E-state index is 13.9. The Hall–Kier alpha value is -3.88. The monoisotopic (exact) mass is 498 g/mol. The van der Waals surface area contributed by atoms with Gasteiger partial charge in [0.05, 0.1) is 12.6 Å². The molecule has 194 valence electrons. The molecule has 0 saturated heterocycles. The standard InChI is InChI=1S/C27H34N2O7/c1-16-13-17(2)15-21(14-16)24(31)29(27(6,7)8)28(26(33)36-20(5)35-19(4)30)25(32)22-11-10-12-23(34-9)18(22)3/h10-15,20H,1-9H3. The summed E-state index contributed by atoms with van der Waals surface area (Å²) in [6.45, 7) is 12.9. The molecule has 0 aliphatic heterocycles. The number of aryl methyl sites for hydroxylation is 2. The predicted octanol–water partition coefficient (Wildman–Crippen LogP) is 4.96. The normalized spacial score (nSPS) is 11.8. The summed E-state index contributed by atoms with van der Waals surface area (Å²) in [6, 6.07) is 10.1. The minimum atomic E-state index is -1.30. The Bertz CT molecular complexity index is 1150.